The van der Waals surface area contributed by atoms with Crippen LogP contribution in [0.25, 0.3) is 11.5 Å². The second-order valence-corrected chi connectivity index (χ2v) is 6.36. The molecule has 2 atom stereocenters. The van der Waals surface area contributed by atoms with E-state index in [-0.39, 0.29) is 18.5 Å². The summed E-state index contributed by atoms with van der Waals surface area (Å²) < 4.78 is 5.27. The number of amides is 1. The van der Waals surface area contributed by atoms with E-state index in [0.29, 0.717) is 30.5 Å². The number of nitrogens with zero attached hydrogens (tertiary/aromatic N) is 4. The average molecular weight is 365 g/mol. The Morgan fingerprint density at radius 3 is 2.74 bits per heavy atom. The summed E-state index contributed by atoms with van der Waals surface area (Å²) in [6.07, 6.45) is 1.40. The molecule has 0 unspecified atom stereocenters. The minimum absolute atomic E-state index is 0.181. The van der Waals surface area contributed by atoms with Gasteiger partial charge in [-0.1, -0.05) is 24.3 Å². The largest absolute Gasteiger partial charge is 0.389 e. The number of benzene rings is 1. The van der Waals surface area contributed by atoms with Crippen LogP contribution in [0.2, 0.25) is 0 Å². The Balaban J connectivity index is 1.38. The van der Waals surface area contributed by atoms with Crippen LogP contribution >= 0.6 is 0 Å². The average Bonchev–Trinajstić information content (AvgIpc) is 3.19. The monoisotopic (exact) mass is 365 g/mol. The predicted octanol–water partition coefficient (Wildman–Crippen LogP) is 1.82. The molecule has 1 saturated heterocycles. The fourth-order valence-corrected chi connectivity index (χ4v) is 3.08. The molecular weight excluding hydrogens is 346 g/mol. The first-order chi connectivity index (χ1) is 13.2. The number of carbonyl (C=O) groups excluding carboxylic acids is 1. The SMILES string of the molecule is O=C(c1ccccn1)N1CC[C@H](Nc2noc(-c3ccccc3)n2)[C@@H](O)C1. The molecule has 8 nitrogen and oxygen atoms in total. The number of hydrogen-bond acceptors (Lipinski definition) is 7. The van der Waals surface area contributed by atoms with Crippen LogP contribution in [-0.4, -0.2) is 56.3 Å². The van der Waals surface area contributed by atoms with Crippen LogP contribution in [0.1, 0.15) is 16.9 Å². The Hall–Kier alpha value is -3.26. The third-order valence-corrected chi connectivity index (χ3v) is 4.51. The summed E-state index contributed by atoms with van der Waals surface area (Å²) in [4.78, 5) is 22.5. The molecule has 1 aromatic carbocycles. The van der Waals surface area contributed by atoms with Crippen LogP contribution in [0.5, 0.6) is 0 Å². The lowest BCUT2D eigenvalue weighted by atomic mass is 10.0. The van der Waals surface area contributed by atoms with E-state index in [9.17, 15) is 9.90 Å². The molecule has 1 aliphatic rings. The van der Waals surface area contributed by atoms with Gasteiger partial charge in [0, 0.05) is 24.8 Å². The number of nitrogens with one attached hydrogen (secondary N) is 1. The quantitative estimate of drug-likeness (QED) is 0.727. The van der Waals surface area contributed by atoms with Gasteiger partial charge in [0.15, 0.2) is 0 Å². The van der Waals surface area contributed by atoms with Crippen LogP contribution in [0, 0.1) is 0 Å². The van der Waals surface area contributed by atoms with Crippen molar-refractivity contribution in [3.63, 3.8) is 0 Å². The molecule has 4 rings (SSSR count). The van der Waals surface area contributed by atoms with Gasteiger partial charge in [-0.15, -0.1) is 0 Å². The predicted molar refractivity (Wildman–Crippen MR) is 97.9 cm³/mol. The summed E-state index contributed by atoms with van der Waals surface area (Å²) in [5.74, 6) is 0.553. The standard InChI is InChI=1S/C19H19N5O3/c25-16-12-24(18(26)15-8-4-5-10-20-15)11-9-14(16)21-19-22-17(27-23-19)13-6-2-1-3-7-13/h1-8,10,14,16,25H,9,11-12H2,(H,21,23)/t14-,16-/m0/s1. The molecule has 0 bridgehead atoms. The molecule has 8 heteroatoms. The van der Waals surface area contributed by atoms with Crippen LogP contribution in [0.3, 0.4) is 0 Å². The van der Waals surface area contributed by atoms with Gasteiger partial charge in [-0.25, -0.2) is 0 Å². The maximum atomic E-state index is 12.5. The molecular formula is C19H19N5O3. The van der Waals surface area contributed by atoms with Crippen molar-refractivity contribution in [2.75, 3.05) is 18.4 Å². The summed E-state index contributed by atoms with van der Waals surface area (Å²) in [5, 5.41) is 17.5. The molecule has 27 heavy (non-hydrogen) atoms. The van der Waals surface area contributed by atoms with Crippen molar-refractivity contribution in [2.45, 2.75) is 18.6 Å². The maximum Gasteiger partial charge on any atom is 0.272 e. The minimum Gasteiger partial charge on any atom is -0.389 e. The molecule has 1 aliphatic heterocycles. The smallest absolute Gasteiger partial charge is 0.272 e. The molecule has 0 aliphatic carbocycles. The Morgan fingerprint density at radius 2 is 2.00 bits per heavy atom. The van der Waals surface area contributed by atoms with Crippen LogP contribution in [0.15, 0.2) is 59.3 Å². The van der Waals surface area contributed by atoms with E-state index in [4.69, 9.17) is 4.52 Å². The highest BCUT2D eigenvalue weighted by molar-refractivity contribution is 5.92. The zero-order valence-electron chi connectivity index (χ0n) is 14.5. The first-order valence-corrected chi connectivity index (χ1v) is 8.75. The maximum absolute atomic E-state index is 12.5. The fraction of sp³-hybridized carbons (Fsp3) is 0.263. The number of piperidine rings is 1. The lowest BCUT2D eigenvalue weighted by Gasteiger charge is -2.35. The Morgan fingerprint density at radius 1 is 1.19 bits per heavy atom. The van der Waals surface area contributed by atoms with E-state index >= 15 is 0 Å². The third-order valence-electron chi connectivity index (χ3n) is 4.51. The molecule has 138 valence electrons. The number of aliphatic hydroxyl groups is 1. The second kappa shape index (κ2) is 7.55. The van der Waals surface area contributed by atoms with Crippen molar-refractivity contribution in [3.8, 4) is 11.5 Å². The van der Waals surface area contributed by atoms with E-state index in [1.165, 1.54) is 0 Å². The fourth-order valence-electron chi connectivity index (χ4n) is 3.08. The van der Waals surface area contributed by atoms with E-state index in [1.807, 2.05) is 30.3 Å². The molecule has 3 aromatic rings. The molecule has 3 heterocycles. The number of aromatic nitrogens is 3. The van der Waals surface area contributed by atoms with Gasteiger partial charge in [0.1, 0.15) is 5.69 Å². The Bertz CT molecular complexity index is 900. The first-order valence-electron chi connectivity index (χ1n) is 8.75. The van der Waals surface area contributed by atoms with Crippen molar-refractivity contribution in [3.05, 3.63) is 60.4 Å². The molecule has 1 amide bonds. The summed E-state index contributed by atoms with van der Waals surface area (Å²) in [7, 11) is 0. The minimum atomic E-state index is -0.745. The van der Waals surface area contributed by atoms with Crippen molar-refractivity contribution in [1.29, 1.82) is 0 Å². The van der Waals surface area contributed by atoms with Crippen molar-refractivity contribution < 1.29 is 14.4 Å². The van der Waals surface area contributed by atoms with Gasteiger partial charge < -0.3 is 19.8 Å². The number of anilines is 1. The summed E-state index contributed by atoms with van der Waals surface area (Å²) in [6.45, 7) is 0.726. The molecule has 2 aromatic heterocycles. The van der Waals surface area contributed by atoms with Gasteiger partial charge in [-0.2, -0.15) is 4.98 Å². The highest BCUT2D eigenvalue weighted by atomic mass is 16.5. The Kier molecular flexibility index (Phi) is 4.80. The summed E-state index contributed by atoms with van der Waals surface area (Å²) in [5.41, 5.74) is 1.20. The zero-order valence-corrected chi connectivity index (χ0v) is 14.5. The van der Waals surface area contributed by atoms with Crippen LogP contribution in [-0.2, 0) is 0 Å². The Labute approximate surface area is 155 Å². The summed E-state index contributed by atoms with van der Waals surface area (Å²) >= 11 is 0. The number of aliphatic hydroxyl groups excluding tert-OH is 1. The van der Waals surface area contributed by atoms with E-state index in [2.05, 4.69) is 20.4 Å². The lowest BCUT2D eigenvalue weighted by molar-refractivity contribution is 0.0420. The van der Waals surface area contributed by atoms with Gasteiger partial charge in [0.25, 0.3) is 17.7 Å². The van der Waals surface area contributed by atoms with Crippen molar-refractivity contribution in [2.24, 2.45) is 0 Å². The van der Waals surface area contributed by atoms with E-state index in [1.54, 1.807) is 29.3 Å². The number of hydrogen-bond donors (Lipinski definition) is 2. The van der Waals surface area contributed by atoms with Crippen molar-refractivity contribution in [1.82, 2.24) is 20.0 Å². The highest BCUT2D eigenvalue weighted by Crippen LogP contribution is 2.21. The lowest BCUT2D eigenvalue weighted by Crippen LogP contribution is -2.51. The third kappa shape index (κ3) is 3.80. The van der Waals surface area contributed by atoms with Gasteiger partial charge in [-0.3, -0.25) is 9.78 Å². The summed E-state index contributed by atoms with van der Waals surface area (Å²) in [6, 6.07) is 14.4. The van der Waals surface area contributed by atoms with Gasteiger partial charge in [0.05, 0.1) is 12.1 Å². The molecule has 2 N–H and O–H groups in total. The topological polar surface area (TPSA) is 104 Å². The number of carbonyl (C=O) groups is 1. The van der Waals surface area contributed by atoms with Gasteiger partial charge in [0.2, 0.25) is 0 Å². The van der Waals surface area contributed by atoms with Gasteiger partial charge >= 0.3 is 0 Å². The number of pyridine rings is 1. The van der Waals surface area contributed by atoms with Gasteiger partial charge in [-0.05, 0) is 35.8 Å². The molecule has 0 spiro atoms. The number of likely N-dealkylation sites (tertiary alicyclic amines) is 1. The van der Waals surface area contributed by atoms with Crippen molar-refractivity contribution >= 4 is 11.9 Å². The highest BCUT2D eigenvalue weighted by Gasteiger charge is 2.31. The second-order valence-electron chi connectivity index (χ2n) is 6.36. The molecule has 0 saturated carbocycles. The zero-order chi connectivity index (χ0) is 18.6. The van der Waals surface area contributed by atoms with E-state index < -0.39 is 6.10 Å². The molecule has 1 fully saturated rings. The normalized spacial score (nSPS) is 19.7. The molecule has 0 radical (unpaired) electrons. The van der Waals surface area contributed by atoms with Crippen LogP contribution in [0.4, 0.5) is 5.95 Å². The number of β-amino-alcohol motifs (C(OH)–C–C–N with tert-alkyl or cyclic N) is 1. The first kappa shape index (κ1) is 17.2. The van der Waals surface area contributed by atoms with Crippen LogP contribution < -0.4 is 5.32 Å². The number of rotatable bonds is 4. The van der Waals surface area contributed by atoms with E-state index in [0.717, 1.165) is 5.56 Å².